The molecule has 0 amide bonds. The van der Waals surface area contributed by atoms with Crippen molar-refractivity contribution in [3.63, 3.8) is 0 Å². The second-order valence-electron chi connectivity index (χ2n) is 5.58. The Hall–Kier alpha value is -1.35. The van der Waals surface area contributed by atoms with Crippen LogP contribution in [0.25, 0.3) is 0 Å². The van der Waals surface area contributed by atoms with E-state index in [-0.39, 0.29) is 0 Å². The Labute approximate surface area is 122 Å². The average molecular weight is 277 g/mol. The molecule has 0 heterocycles. The van der Waals surface area contributed by atoms with E-state index in [1.54, 1.807) is 0 Å². The smallest absolute Gasteiger partial charge is 0.293 e. The van der Waals surface area contributed by atoms with Crippen LogP contribution in [0.3, 0.4) is 0 Å². The zero-order chi connectivity index (χ0) is 14.6. The minimum atomic E-state index is 0.365. The molecule has 112 valence electrons. The topological polar surface area (TPSA) is 38.3 Å². The van der Waals surface area contributed by atoms with Crippen LogP contribution in [0.1, 0.15) is 38.2 Å². The molecule has 1 aliphatic rings. The van der Waals surface area contributed by atoms with E-state index >= 15 is 0 Å². The maximum atomic E-state index is 9.76. The van der Waals surface area contributed by atoms with Gasteiger partial charge in [-0.2, -0.15) is 0 Å². The third-order valence-corrected chi connectivity index (χ3v) is 3.79. The lowest BCUT2D eigenvalue weighted by Crippen LogP contribution is -2.22. The van der Waals surface area contributed by atoms with Crippen molar-refractivity contribution in [3.8, 4) is 0 Å². The van der Waals surface area contributed by atoms with Crippen molar-refractivity contribution in [2.24, 2.45) is 11.8 Å². The Balaban J connectivity index is 0.000000200. The summed E-state index contributed by atoms with van der Waals surface area (Å²) in [5.41, 5.74) is 1.01. The SMILES string of the molecule is CNCC1CCC(C)CC1.O=COCc1ccccc1. The first-order valence-corrected chi connectivity index (χ1v) is 7.50. The molecule has 0 aromatic heterocycles. The minimum absolute atomic E-state index is 0.365. The van der Waals surface area contributed by atoms with E-state index < -0.39 is 0 Å². The third kappa shape index (κ3) is 7.29. The highest BCUT2D eigenvalue weighted by molar-refractivity contribution is 5.37. The Morgan fingerprint density at radius 2 is 1.85 bits per heavy atom. The molecule has 0 bridgehead atoms. The van der Waals surface area contributed by atoms with Crippen LogP contribution in [0.15, 0.2) is 30.3 Å². The summed E-state index contributed by atoms with van der Waals surface area (Å²) in [5.74, 6) is 1.97. The molecule has 3 heteroatoms. The molecule has 20 heavy (non-hydrogen) atoms. The molecule has 1 aromatic rings. The first kappa shape index (κ1) is 16.7. The van der Waals surface area contributed by atoms with Crippen LogP contribution in [-0.2, 0) is 16.1 Å². The van der Waals surface area contributed by atoms with Gasteiger partial charge in [0.2, 0.25) is 0 Å². The number of hydrogen-bond acceptors (Lipinski definition) is 3. The molecule has 0 spiro atoms. The van der Waals surface area contributed by atoms with Gasteiger partial charge in [0.05, 0.1) is 0 Å². The molecular formula is C17H27NO2. The van der Waals surface area contributed by atoms with Gasteiger partial charge in [0.1, 0.15) is 6.61 Å². The van der Waals surface area contributed by atoms with E-state index in [0.717, 1.165) is 17.4 Å². The number of benzene rings is 1. The van der Waals surface area contributed by atoms with Gasteiger partial charge in [0.25, 0.3) is 6.47 Å². The van der Waals surface area contributed by atoms with Crippen molar-refractivity contribution in [1.82, 2.24) is 5.32 Å². The summed E-state index contributed by atoms with van der Waals surface area (Å²) in [4.78, 5) is 9.76. The Morgan fingerprint density at radius 1 is 1.20 bits per heavy atom. The number of nitrogens with one attached hydrogen (secondary N) is 1. The van der Waals surface area contributed by atoms with Crippen LogP contribution in [0, 0.1) is 11.8 Å². The summed E-state index contributed by atoms with van der Waals surface area (Å²) in [5, 5.41) is 3.25. The Bertz CT molecular complexity index is 345. The van der Waals surface area contributed by atoms with Gasteiger partial charge in [-0.05, 0) is 43.8 Å². The second kappa shape index (κ2) is 10.4. The van der Waals surface area contributed by atoms with Crippen molar-refractivity contribution in [2.75, 3.05) is 13.6 Å². The summed E-state index contributed by atoms with van der Waals surface area (Å²) >= 11 is 0. The first-order chi connectivity index (χ1) is 9.76. The predicted molar refractivity (Wildman–Crippen MR) is 82.3 cm³/mol. The molecule has 2 rings (SSSR count). The largest absolute Gasteiger partial charge is 0.463 e. The van der Waals surface area contributed by atoms with Gasteiger partial charge in [-0.3, -0.25) is 4.79 Å². The van der Waals surface area contributed by atoms with Crippen molar-refractivity contribution in [2.45, 2.75) is 39.2 Å². The number of carbonyl (C=O) groups is 1. The molecule has 1 aromatic carbocycles. The predicted octanol–water partition coefficient (Wildman–Crippen LogP) is 3.39. The van der Waals surface area contributed by atoms with Crippen LogP contribution < -0.4 is 5.32 Å². The van der Waals surface area contributed by atoms with Gasteiger partial charge in [-0.25, -0.2) is 0 Å². The lowest BCUT2D eigenvalue weighted by molar-refractivity contribution is -0.129. The van der Waals surface area contributed by atoms with E-state index in [0.29, 0.717) is 13.1 Å². The Morgan fingerprint density at radius 3 is 2.40 bits per heavy atom. The van der Waals surface area contributed by atoms with E-state index in [9.17, 15) is 4.79 Å². The molecule has 3 nitrogen and oxygen atoms in total. The maximum absolute atomic E-state index is 9.76. The normalized spacial score (nSPS) is 21.5. The zero-order valence-electron chi connectivity index (χ0n) is 12.7. The third-order valence-electron chi connectivity index (χ3n) is 3.79. The molecule has 1 saturated carbocycles. The molecule has 0 saturated heterocycles. The van der Waals surface area contributed by atoms with Crippen molar-refractivity contribution >= 4 is 6.47 Å². The summed E-state index contributed by atoms with van der Waals surface area (Å²) in [6.45, 7) is 4.42. The molecule has 0 radical (unpaired) electrons. The lowest BCUT2D eigenvalue weighted by atomic mass is 9.83. The standard InChI is InChI=1S/C9H19N.C8H8O2/c1-8-3-5-9(6-4-8)7-10-2;9-7-10-6-8-4-2-1-3-5-8/h8-10H,3-7H2,1-2H3;1-5,7H,6H2. The van der Waals surface area contributed by atoms with Crippen molar-refractivity contribution in [3.05, 3.63) is 35.9 Å². The van der Waals surface area contributed by atoms with Crippen molar-refractivity contribution in [1.29, 1.82) is 0 Å². The Kier molecular flexibility index (Phi) is 8.72. The highest BCUT2D eigenvalue weighted by Crippen LogP contribution is 2.27. The highest BCUT2D eigenvalue weighted by Gasteiger charge is 2.16. The molecule has 1 N–H and O–H groups in total. The molecule has 1 aliphatic carbocycles. The number of hydrogen-bond donors (Lipinski definition) is 1. The van der Waals surface area contributed by atoms with E-state index in [4.69, 9.17) is 0 Å². The molecule has 0 aliphatic heterocycles. The summed E-state index contributed by atoms with van der Waals surface area (Å²) in [7, 11) is 2.05. The molecule has 1 fully saturated rings. The molecular weight excluding hydrogens is 250 g/mol. The number of carbonyl (C=O) groups excluding carboxylic acids is 1. The van der Waals surface area contributed by atoms with Crippen LogP contribution in [0.5, 0.6) is 0 Å². The highest BCUT2D eigenvalue weighted by atomic mass is 16.5. The minimum Gasteiger partial charge on any atom is -0.463 e. The molecule has 0 unspecified atom stereocenters. The fourth-order valence-electron chi connectivity index (χ4n) is 2.53. The van der Waals surface area contributed by atoms with Gasteiger partial charge < -0.3 is 10.1 Å². The fraction of sp³-hybridized carbons (Fsp3) is 0.588. The monoisotopic (exact) mass is 277 g/mol. The summed E-state index contributed by atoms with van der Waals surface area (Å²) in [6.07, 6.45) is 5.79. The van der Waals surface area contributed by atoms with E-state index in [1.165, 1.54) is 32.2 Å². The summed E-state index contributed by atoms with van der Waals surface area (Å²) < 4.78 is 4.54. The first-order valence-electron chi connectivity index (χ1n) is 7.50. The number of ether oxygens (including phenoxy) is 1. The van der Waals surface area contributed by atoms with Crippen LogP contribution in [-0.4, -0.2) is 20.1 Å². The van der Waals surface area contributed by atoms with Gasteiger partial charge in [-0.1, -0.05) is 50.1 Å². The fourth-order valence-corrected chi connectivity index (χ4v) is 2.53. The second-order valence-corrected chi connectivity index (χ2v) is 5.58. The average Bonchev–Trinajstić information content (AvgIpc) is 2.49. The lowest BCUT2D eigenvalue weighted by Gasteiger charge is -2.25. The summed E-state index contributed by atoms with van der Waals surface area (Å²) in [6, 6.07) is 9.55. The quantitative estimate of drug-likeness (QED) is 0.838. The van der Waals surface area contributed by atoms with Gasteiger partial charge in [-0.15, -0.1) is 0 Å². The number of rotatable bonds is 5. The van der Waals surface area contributed by atoms with Crippen molar-refractivity contribution < 1.29 is 9.53 Å². The van der Waals surface area contributed by atoms with Crippen LogP contribution in [0.2, 0.25) is 0 Å². The van der Waals surface area contributed by atoms with Crippen LogP contribution >= 0.6 is 0 Å². The molecule has 0 atom stereocenters. The maximum Gasteiger partial charge on any atom is 0.293 e. The van der Waals surface area contributed by atoms with Gasteiger partial charge in [0, 0.05) is 0 Å². The van der Waals surface area contributed by atoms with E-state index in [2.05, 4.69) is 24.0 Å². The van der Waals surface area contributed by atoms with E-state index in [1.807, 2.05) is 30.3 Å². The van der Waals surface area contributed by atoms with Gasteiger partial charge in [0.15, 0.2) is 0 Å². The van der Waals surface area contributed by atoms with Gasteiger partial charge >= 0.3 is 0 Å². The van der Waals surface area contributed by atoms with Crippen LogP contribution in [0.4, 0.5) is 0 Å². The zero-order valence-corrected chi connectivity index (χ0v) is 12.7.